The number of nitrogens with one attached hydrogen (secondary N) is 1. The van der Waals surface area contributed by atoms with Crippen molar-refractivity contribution in [1.82, 2.24) is 5.32 Å². The Balaban J connectivity index is 2.50. The molecule has 80 valence electrons. The van der Waals surface area contributed by atoms with Gasteiger partial charge in [-0.05, 0) is 17.5 Å². The summed E-state index contributed by atoms with van der Waals surface area (Å²) in [5.74, 6) is -1.25. The van der Waals surface area contributed by atoms with Crippen LogP contribution in [0.25, 0.3) is 0 Å². The molecule has 0 unspecified atom stereocenters. The molecule has 4 heteroatoms. The zero-order valence-electron chi connectivity index (χ0n) is 8.45. The largest absolute Gasteiger partial charge is 0.545 e. The molecule has 1 aromatic carbocycles. The average Bonchev–Trinajstić information content (AvgIpc) is 2.18. The number of aromatic carboxylic acids is 1. The highest BCUT2D eigenvalue weighted by atomic mass is 16.4. The number of benzene rings is 1. The summed E-state index contributed by atoms with van der Waals surface area (Å²) in [4.78, 5) is 21.0. The van der Waals surface area contributed by atoms with E-state index in [-0.39, 0.29) is 11.5 Å². The molecule has 0 heterocycles. The molecule has 0 radical (unpaired) electrons. The van der Waals surface area contributed by atoms with E-state index in [2.05, 4.69) is 5.32 Å². The summed E-state index contributed by atoms with van der Waals surface area (Å²) in [5.41, 5.74) is 1.15. The van der Waals surface area contributed by atoms with Gasteiger partial charge in [-0.1, -0.05) is 24.3 Å². The number of carboxylic acids is 1. The Morgan fingerprint density at radius 1 is 1.27 bits per heavy atom. The third-order valence-electron chi connectivity index (χ3n) is 1.98. The Kier molecular flexibility index (Phi) is 3.85. The molecule has 0 spiro atoms. The smallest absolute Gasteiger partial charge is 0.216 e. The lowest BCUT2D eigenvalue weighted by Crippen LogP contribution is -2.23. The molecule has 0 aliphatic heterocycles. The number of amides is 1. The lowest BCUT2D eigenvalue weighted by atomic mass is 10.1. The van der Waals surface area contributed by atoms with Crippen LogP contribution < -0.4 is 10.4 Å². The molecular weight excluding hydrogens is 194 g/mol. The predicted molar refractivity (Wildman–Crippen MR) is 53.2 cm³/mol. The van der Waals surface area contributed by atoms with Gasteiger partial charge in [0.15, 0.2) is 0 Å². The Hall–Kier alpha value is -1.84. The van der Waals surface area contributed by atoms with E-state index in [1.165, 1.54) is 19.1 Å². The summed E-state index contributed by atoms with van der Waals surface area (Å²) < 4.78 is 0. The van der Waals surface area contributed by atoms with E-state index in [0.717, 1.165) is 5.56 Å². The van der Waals surface area contributed by atoms with Crippen LogP contribution in [0.4, 0.5) is 0 Å². The van der Waals surface area contributed by atoms with Crippen molar-refractivity contribution in [3.63, 3.8) is 0 Å². The molecule has 0 aliphatic carbocycles. The molecule has 0 atom stereocenters. The van der Waals surface area contributed by atoms with Crippen molar-refractivity contribution in [1.29, 1.82) is 0 Å². The van der Waals surface area contributed by atoms with Gasteiger partial charge in [-0.2, -0.15) is 0 Å². The second-order valence-corrected chi connectivity index (χ2v) is 3.22. The van der Waals surface area contributed by atoms with E-state index < -0.39 is 5.97 Å². The highest BCUT2D eigenvalue weighted by molar-refractivity contribution is 5.85. The maximum Gasteiger partial charge on any atom is 0.216 e. The van der Waals surface area contributed by atoms with Crippen LogP contribution in [0, 0.1) is 0 Å². The lowest BCUT2D eigenvalue weighted by Gasteiger charge is -2.05. The first-order valence-electron chi connectivity index (χ1n) is 4.64. The van der Waals surface area contributed by atoms with Gasteiger partial charge < -0.3 is 15.2 Å². The van der Waals surface area contributed by atoms with Gasteiger partial charge in [0.25, 0.3) is 0 Å². The maximum absolute atomic E-state index is 10.6. The van der Waals surface area contributed by atoms with Gasteiger partial charge in [0.1, 0.15) is 0 Å². The number of hydrogen-bond acceptors (Lipinski definition) is 3. The highest BCUT2D eigenvalue weighted by Crippen LogP contribution is 2.03. The molecular formula is C11H12NO3-. The Labute approximate surface area is 87.9 Å². The molecule has 0 aliphatic rings. The van der Waals surface area contributed by atoms with Gasteiger partial charge in [-0.3, -0.25) is 4.79 Å². The molecule has 15 heavy (non-hydrogen) atoms. The van der Waals surface area contributed by atoms with Gasteiger partial charge in [-0.25, -0.2) is 0 Å². The Bertz CT molecular complexity index is 357. The fourth-order valence-electron chi connectivity index (χ4n) is 1.19. The average molecular weight is 206 g/mol. The molecule has 0 bridgehead atoms. The number of carbonyl (C=O) groups is 2. The summed E-state index contributed by atoms with van der Waals surface area (Å²) in [7, 11) is 0. The van der Waals surface area contributed by atoms with Gasteiger partial charge in [0.05, 0.1) is 5.97 Å². The predicted octanol–water partition coefficient (Wildman–Crippen LogP) is -0.271. The third kappa shape index (κ3) is 3.81. The van der Waals surface area contributed by atoms with E-state index in [1.54, 1.807) is 12.1 Å². The molecule has 1 rings (SSSR count). The Morgan fingerprint density at radius 2 is 1.87 bits per heavy atom. The number of carboxylic acid groups (broad SMARTS) is 1. The summed E-state index contributed by atoms with van der Waals surface area (Å²) in [6, 6.07) is 6.43. The quantitative estimate of drug-likeness (QED) is 0.737. The second kappa shape index (κ2) is 5.14. The van der Waals surface area contributed by atoms with Crippen LogP contribution in [0.15, 0.2) is 24.3 Å². The van der Waals surface area contributed by atoms with E-state index in [0.29, 0.717) is 13.0 Å². The van der Waals surface area contributed by atoms with Crippen LogP contribution in [-0.2, 0) is 11.2 Å². The fourth-order valence-corrected chi connectivity index (χ4v) is 1.19. The standard InChI is InChI=1S/C11H13NO3/c1-8(13)12-7-6-9-2-4-10(5-3-9)11(14)15/h2-5H,6-7H2,1H3,(H,12,13)(H,14,15)/p-1. The van der Waals surface area contributed by atoms with Crippen molar-refractivity contribution in [3.8, 4) is 0 Å². The zero-order chi connectivity index (χ0) is 11.3. The van der Waals surface area contributed by atoms with Crippen molar-refractivity contribution < 1.29 is 14.7 Å². The molecule has 0 aromatic heterocycles. The first-order valence-corrected chi connectivity index (χ1v) is 4.64. The summed E-state index contributed by atoms with van der Waals surface area (Å²) in [5, 5.41) is 13.1. The van der Waals surface area contributed by atoms with Gasteiger partial charge in [0, 0.05) is 13.5 Å². The van der Waals surface area contributed by atoms with Gasteiger partial charge in [-0.15, -0.1) is 0 Å². The lowest BCUT2D eigenvalue weighted by molar-refractivity contribution is -0.255. The zero-order valence-corrected chi connectivity index (χ0v) is 8.45. The van der Waals surface area contributed by atoms with Gasteiger partial charge in [0.2, 0.25) is 5.91 Å². The molecule has 1 amide bonds. The minimum atomic E-state index is -1.18. The van der Waals surface area contributed by atoms with Crippen molar-refractivity contribution in [2.45, 2.75) is 13.3 Å². The molecule has 1 aromatic rings. The van der Waals surface area contributed by atoms with E-state index >= 15 is 0 Å². The minimum Gasteiger partial charge on any atom is -0.545 e. The number of hydrogen-bond donors (Lipinski definition) is 1. The van der Waals surface area contributed by atoms with Crippen LogP contribution >= 0.6 is 0 Å². The van der Waals surface area contributed by atoms with Crippen LogP contribution in [0.1, 0.15) is 22.8 Å². The van der Waals surface area contributed by atoms with Crippen LogP contribution in [0.5, 0.6) is 0 Å². The van der Waals surface area contributed by atoms with Crippen molar-refractivity contribution >= 4 is 11.9 Å². The third-order valence-corrected chi connectivity index (χ3v) is 1.98. The van der Waals surface area contributed by atoms with Crippen LogP contribution in [-0.4, -0.2) is 18.4 Å². The van der Waals surface area contributed by atoms with E-state index in [9.17, 15) is 14.7 Å². The first kappa shape index (κ1) is 11.2. The van der Waals surface area contributed by atoms with Crippen LogP contribution in [0.3, 0.4) is 0 Å². The topological polar surface area (TPSA) is 69.2 Å². The Morgan fingerprint density at radius 3 is 2.33 bits per heavy atom. The summed E-state index contributed by atoms with van der Waals surface area (Å²) in [6.07, 6.45) is 0.687. The first-order chi connectivity index (χ1) is 7.09. The van der Waals surface area contributed by atoms with Crippen LogP contribution in [0.2, 0.25) is 0 Å². The molecule has 0 fully saturated rings. The van der Waals surface area contributed by atoms with Crippen molar-refractivity contribution in [2.75, 3.05) is 6.54 Å². The molecule has 0 saturated heterocycles. The van der Waals surface area contributed by atoms with E-state index in [4.69, 9.17) is 0 Å². The SMILES string of the molecule is CC(=O)NCCc1ccc(C(=O)[O-])cc1. The second-order valence-electron chi connectivity index (χ2n) is 3.22. The number of carbonyl (C=O) groups excluding carboxylic acids is 2. The molecule has 0 saturated carbocycles. The molecule has 4 nitrogen and oxygen atoms in total. The number of rotatable bonds is 4. The summed E-state index contributed by atoms with van der Waals surface area (Å²) in [6.45, 7) is 2.01. The highest BCUT2D eigenvalue weighted by Gasteiger charge is 1.96. The maximum atomic E-state index is 10.6. The normalized spacial score (nSPS) is 9.67. The van der Waals surface area contributed by atoms with Crippen molar-refractivity contribution in [2.24, 2.45) is 0 Å². The minimum absolute atomic E-state index is 0.0682. The molecule has 1 N–H and O–H groups in total. The van der Waals surface area contributed by atoms with Gasteiger partial charge >= 0.3 is 0 Å². The summed E-state index contributed by atoms with van der Waals surface area (Å²) >= 11 is 0. The van der Waals surface area contributed by atoms with Crippen molar-refractivity contribution in [3.05, 3.63) is 35.4 Å². The monoisotopic (exact) mass is 206 g/mol. The van der Waals surface area contributed by atoms with E-state index in [1.807, 2.05) is 0 Å². The fraction of sp³-hybridized carbons (Fsp3) is 0.273.